The lowest BCUT2D eigenvalue weighted by Crippen LogP contribution is -2.24. The summed E-state index contributed by atoms with van der Waals surface area (Å²) in [6.45, 7) is 5.42. The lowest BCUT2D eigenvalue weighted by molar-refractivity contribution is -0.154. The number of ether oxygens (including phenoxy) is 1. The summed E-state index contributed by atoms with van der Waals surface area (Å²) in [5, 5.41) is 0. The Kier molecular flexibility index (Phi) is 5.08. The maximum Gasteiger partial charge on any atom is 0.306 e. The van der Waals surface area contributed by atoms with Gasteiger partial charge in [0.1, 0.15) is 5.60 Å². The zero-order chi connectivity index (χ0) is 13.8. The Hall–Kier alpha value is -1.16. The molecule has 0 saturated heterocycles. The Morgan fingerprint density at radius 2 is 1.67 bits per heavy atom. The second-order valence-electron chi connectivity index (χ2n) is 5.02. The first-order valence-electron chi connectivity index (χ1n) is 5.78. The fourth-order valence-corrected chi connectivity index (χ4v) is 1.65. The first-order chi connectivity index (χ1) is 8.28. The lowest BCUT2D eigenvalue weighted by Gasteiger charge is -2.19. The maximum atomic E-state index is 11.8. The third-order valence-corrected chi connectivity index (χ3v) is 2.67. The molecule has 0 aliphatic carbocycles. The minimum absolute atomic E-state index is 0.0478. The monoisotopic (exact) mass is 312 g/mol. The molecule has 0 amide bonds. The molecule has 0 saturated carbocycles. The smallest absolute Gasteiger partial charge is 0.306 e. The lowest BCUT2D eigenvalue weighted by atomic mass is 10.1. The Bertz CT molecular complexity index is 429. The van der Waals surface area contributed by atoms with Crippen molar-refractivity contribution in [3.05, 3.63) is 34.3 Å². The average Bonchev–Trinajstić information content (AvgIpc) is 2.24. The van der Waals surface area contributed by atoms with E-state index in [1.165, 1.54) is 0 Å². The molecule has 0 aliphatic rings. The molecule has 0 spiro atoms. The molecule has 0 radical (unpaired) electrons. The van der Waals surface area contributed by atoms with Crippen LogP contribution in [0.25, 0.3) is 0 Å². The molecule has 1 aromatic rings. The number of benzene rings is 1. The Labute approximate surface area is 116 Å². The van der Waals surface area contributed by atoms with Gasteiger partial charge in [-0.2, -0.15) is 0 Å². The minimum Gasteiger partial charge on any atom is -0.460 e. The van der Waals surface area contributed by atoms with Gasteiger partial charge in [0.05, 0.1) is 6.42 Å². The van der Waals surface area contributed by atoms with Gasteiger partial charge in [-0.15, -0.1) is 0 Å². The third-order valence-electron chi connectivity index (χ3n) is 2.14. The van der Waals surface area contributed by atoms with E-state index in [1.54, 1.807) is 45.0 Å². The highest BCUT2D eigenvalue weighted by molar-refractivity contribution is 9.10. The van der Waals surface area contributed by atoms with Crippen molar-refractivity contribution < 1.29 is 14.3 Å². The average molecular weight is 313 g/mol. The Morgan fingerprint density at radius 3 is 2.17 bits per heavy atom. The molecule has 0 aliphatic heterocycles. The zero-order valence-corrected chi connectivity index (χ0v) is 12.4. The van der Waals surface area contributed by atoms with Crippen molar-refractivity contribution in [3.63, 3.8) is 0 Å². The molecule has 1 rings (SSSR count). The van der Waals surface area contributed by atoms with E-state index in [2.05, 4.69) is 15.9 Å². The number of carbonyl (C=O) groups is 2. The van der Waals surface area contributed by atoms with E-state index in [0.717, 1.165) is 4.47 Å². The molecule has 1 aromatic carbocycles. The molecular formula is C14H17BrO3. The first-order valence-corrected chi connectivity index (χ1v) is 6.58. The van der Waals surface area contributed by atoms with Crippen LogP contribution in [-0.4, -0.2) is 17.4 Å². The van der Waals surface area contributed by atoms with Crippen LogP contribution in [0, 0.1) is 0 Å². The van der Waals surface area contributed by atoms with Crippen LogP contribution in [0.15, 0.2) is 28.7 Å². The summed E-state index contributed by atoms with van der Waals surface area (Å²) in [6.07, 6.45) is 0.294. The number of hydrogen-bond acceptors (Lipinski definition) is 3. The number of carbonyl (C=O) groups excluding carboxylic acids is 2. The molecule has 0 aromatic heterocycles. The van der Waals surface area contributed by atoms with E-state index in [4.69, 9.17) is 4.74 Å². The standard InChI is InChI=1S/C14H17BrO3/c1-14(2,3)18-13(17)9-8-12(16)10-4-6-11(15)7-5-10/h4-7H,8-9H2,1-3H3. The SMILES string of the molecule is CC(C)(C)OC(=O)CCC(=O)c1ccc(Br)cc1. The number of rotatable bonds is 4. The van der Waals surface area contributed by atoms with Crippen molar-refractivity contribution in [3.8, 4) is 0 Å². The first kappa shape index (κ1) is 14.9. The van der Waals surface area contributed by atoms with Crippen molar-refractivity contribution in [2.75, 3.05) is 0 Å². The molecule has 0 atom stereocenters. The second-order valence-corrected chi connectivity index (χ2v) is 5.93. The van der Waals surface area contributed by atoms with E-state index in [0.29, 0.717) is 5.56 Å². The van der Waals surface area contributed by atoms with E-state index >= 15 is 0 Å². The molecule has 18 heavy (non-hydrogen) atoms. The van der Waals surface area contributed by atoms with Crippen LogP contribution in [0.5, 0.6) is 0 Å². The molecule has 0 unspecified atom stereocenters. The number of halogens is 1. The Balaban J connectivity index is 2.47. The number of esters is 1. The summed E-state index contributed by atoms with van der Waals surface area (Å²) in [7, 11) is 0. The van der Waals surface area contributed by atoms with Gasteiger partial charge in [-0.25, -0.2) is 0 Å². The van der Waals surface area contributed by atoms with E-state index in [-0.39, 0.29) is 24.6 Å². The summed E-state index contributed by atoms with van der Waals surface area (Å²) in [4.78, 5) is 23.3. The van der Waals surface area contributed by atoms with Gasteiger partial charge in [-0.3, -0.25) is 9.59 Å². The van der Waals surface area contributed by atoms with Crippen molar-refractivity contribution in [1.29, 1.82) is 0 Å². The summed E-state index contributed by atoms with van der Waals surface area (Å²) in [5.74, 6) is -0.388. The van der Waals surface area contributed by atoms with E-state index in [1.807, 2.05) is 0 Å². The molecule has 0 heterocycles. The van der Waals surface area contributed by atoms with Crippen LogP contribution < -0.4 is 0 Å². The van der Waals surface area contributed by atoms with Crippen LogP contribution in [0.4, 0.5) is 0 Å². The predicted octanol–water partition coefficient (Wildman–Crippen LogP) is 3.75. The van der Waals surface area contributed by atoms with Gasteiger partial charge in [-0.05, 0) is 32.9 Å². The van der Waals surface area contributed by atoms with Gasteiger partial charge in [-0.1, -0.05) is 28.1 Å². The normalized spacial score (nSPS) is 11.1. The fraction of sp³-hybridized carbons (Fsp3) is 0.429. The van der Waals surface area contributed by atoms with Crippen molar-refractivity contribution in [1.82, 2.24) is 0 Å². The summed E-state index contributed by atoms with van der Waals surface area (Å²) in [5.41, 5.74) is 0.110. The van der Waals surface area contributed by atoms with Gasteiger partial charge >= 0.3 is 5.97 Å². The van der Waals surface area contributed by atoms with Gasteiger partial charge in [0.25, 0.3) is 0 Å². The van der Waals surface area contributed by atoms with Crippen molar-refractivity contribution >= 4 is 27.7 Å². The highest BCUT2D eigenvalue weighted by Crippen LogP contribution is 2.14. The molecule has 0 N–H and O–H groups in total. The van der Waals surface area contributed by atoms with Crippen LogP contribution in [0.1, 0.15) is 44.0 Å². The maximum absolute atomic E-state index is 11.8. The van der Waals surface area contributed by atoms with E-state index < -0.39 is 5.60 Å². The topological polar surface area (TPSA) is 43.4 Å². The van der Waals surface area contributed by atoms with Crippen LogP contribution in [0.3, 0.4) is 0 Å². The summed E-state index contributed by atoms with van der Waals surface area (Å²) >= 11 is 3.30. The minimum atomic E-state index is -0.502. The zero-order valence-electron chi connectivity index (χ0n) is 10.8. The van der Waals surface area contributed by atoms with Crippen molar-refractivity contribution in [2.45, 2.75) is 39.2 Å². The second kappa shape index (κ2) is 6.14. The number of ketones is 1. The highest BCUT2D eigenvalue weighted by Gasteiger charge is 2.17. The third kappa shape index (κ3) is 5.45. The van der Waals surface area contributed by atoms with Gasteiger partial charge in [0.2, 0.25) is 0 Å². The largest absolute Gasteiger partial charge is 0.460 e. The molecule has 0 bridgehead atoms. The fourth-order valence-electron chi connectivity index (χ4n) is 1.39. The molecule has 3 nitrogen and oxygen atoms in total. The van der Waals surface area contributed by atoms with Crippen molar-refractivity contribution in [2.24, 2.45) is 0 Å². The summed E-state index contributed by atoms with van der Waals surface area (Å²) in [6, 6.07) is 7.09. The van der Waals surface area contributed by atoms with Crippen LogP contribution >= 0.6 is 15.9 Å². The van der Waals surface area contributed by atoms with Crippen LogP contribution in [0.2, 0.25) is 0 Å². The number of Topliss-reactive ketones (excluding diaryl/α,β-unsaturated/α-hetero) is 1. The van der Waals surface area contributed by atoms with Gasteiger partial charge in [0.15, 0.2) is 5.78 Å². The number of hydrogen-bond donors (Lipinski definition) is 0. The Morgan fingerprint density at radius 1 is 1.11 bits per heavy atom. The molecule has 98 valence electrons. The van der Waals surface area contributed by atoms with Gasteiger partial charge < -0.3 is 4.74 Å². The predicted molar refractivity (Wildman–Crippen MR) is 73.6 cm³/mol. The van der Waals surface area contributed by atoms with Crippen LogP contribution in [-0.2, 0) is 9.53 Å². The molecular weight excluding hydrogens is 296 g/mol. The van der Waals surface area contributed by atoms with E-state index in [9.17, 15) is 9.59 Å². The molecule has 4 heteroatoms. The van der Waals surface area contributed by atoms with Gasteiger partial charge in [0, 0.05) is 16.5 Å². The quantitative estimate of drug-likeness (QED) is 0.628. The summed E-state index contributed by atoms with van der Waals surface area (Å²) < 4.78 is 6.07. The highest BCUT2D eigenvalue weighted by atomic mass is 79.9. The molecule has 0 fully saturated rings.